The second-order valence-electron chi connectivity index (χ2n) is 14.9. The normalized spacial score (nSPS) is 18.9. The molecular weight excluding hydrogens is 817 g/mol. The van der Waals surface area contributed by atoms with E-state index in [2.05, 4.69) is 0 Å². The van der Waals surface area contributed by atoms with Gasteiger partial charge < -0.3 is 9.47 Å². The van der Waals surface area contributed by atoms with Crippen LogP contribution < -0.4 is 19.5 Å². The summed E-state index contributed by atoms with van der Waals surface area (Å²) in [6.07, 6.45) is 0. The molecule has 0 N–H and O–H groups in total. The van der Waals surface area contributed by atoms with E-state index in [9.17, 15) is 0 Å². The minimum absolute atomic E-state index is 0.171. The number of benzene rings is 7. The van der Waals surface area contributed by atoms with E-state index in [1.807, 2.05) is 109 Å². The lowest BCUT2D eigenvalue weighted by Crippen LogP contribution is -2.38. The number of anilines is 2. The third kappa shape index (κ3) is 7.41. The molecule has 12 heteroatoms. The van der Waals surface area contributed by atoms with Gasteiger partial charge in [-0.15, -0.1) is 0 Å². The molecule has 2 aliphatic heterocycles. The molecule has 4 atom stereocenters. The van der Waals surface area contributed by atoms with Crippen LogP contribution in [0.25, 0.3) is 0 Å². The smallest absolute Gasteiger partial charge is 0.189 e. The van der Waals surface area contributed by atoms with Gasteiger partial charge in [-0.2, -0.15) is 10.2 Å². The van der Waals surface area contributed by atoms with Crippen molar-refractivity contribution >= 4 is 42.5 Å². The summed E-state index contributed by atoms with van der Waals surface area (Å²) in [4.78, 5) is 0.341. The number of nitrogens with zero attached hydrogens (tertiary/aromatic N) is 4. The van der Waals surface area contributed by atoms with Gasteiger partial charge in [0.05, 0.1) is 46.8 Å². The summed E-state index contributed by atoms with van der Waals surface area (Å²) >= 11 is 0. The van der Waals surface area contributed by atoms with Crippen LogP contribution in [0.1, 0.15) is 34.3 Å². The zero-order chi connectivity index (χ0) is 42.8. The number of hydrogen-bond acceptors (Lipinski definition) is 10. The van der Waals surface area contributed by atoms with E-state index < -0.39 is 42.3 Å². The van der Waals surface area contributed by atoms with Crippen molar-refractivity contribution in [2.75, 3.05) is 24.2 Å². The van der Waals surface area contributed by atoms with Gasteiger partial charge in [0.1, 0.15) is 34.1 Å². The minimum atomic E-state index is -4.08. The molecule has 7 aromatic rings. The molecule has 62 heavy (non-hydrogen) atoms. The summed E-state index contributed by atoms with van der Waals surface area (Å²) in [7, 11) is -5.00. The van der Waals surface area contributed by atoms with E-state index in [-0.39, 0.29) is 9.79 Å². The van der Waals surface area contributed by atoms with Crippen LogP contribution >= 0.6 is 0 Å². The lowest BCUT2D eigenvalue weighted by Gasteiger charge is -2.30. The van der Waals surface area contributed by atoms with Crippen molar-refractivity contribution in [1.29, 1.82) is 0 Å². The van der Waals surface area contributed by atoms with Gasteiger partial charge in [0, 0.05) is 0 Å². The number of hydrazone groups is 2. The summed E-state index contributed by atoms with van der Waals surface area (Å²) in [5.74, 6) is 1.26. The lowest BCUT2D eigenvalue weighted by molar-refractivity contribution is 0.414. The molecule has 4 unspecified atom stereocenters. The Morgan fingerprint density at radius 2 is 0.710 bits per heavy atom. The van der Waals surface area contributed by atoms with Crippen LogP contribution in [0.5, 0.6) is 11.5 Å². The van der Waals surface area contributed by atoms with E-state index in [1.165, 1.54) is 0 Å². The van der Waals surface area contributed by atoms with Gasteiger partial charge in [0.25, 0.3) is 0 Å². The maximum atomic E-state index is 15.0. The quantitative estimate of drug-likeness (QED) is 0.119. The Kier molecular flexibility index (Phi) is 10.9. The molecule has 0 fully saturated rings. The third-order valence-electron chi connectivity index (χ3n) is 11.3. The van der Waals surface area contributed by atoms with Gasteiger partial charge in [0.2, 0.25) is 0 Å². The maximum Gasteiger partial charge on any atom is 0.189 e. The molecule has 9 rings (SSSR count). The average molecular weight is 859 g/mol. The highest BCUT2D eigenvalue weighted by molar-refractivity contribution is 7.93. The fraction of sp³-hybridized carbons (Fsp3) is 0.120. The van der Waals surface area contributed by atoms with Crippen molar-refractivity contribution in [3.05, 3.63) is 216 Å². The van der Waals surface area contributed by atoms with Crippen molar-refractivity contribution in [3.63, 3.8) is 0 Å². The SMILES string of the molecule is COc1ccc(C2=NN(c3ccccc3)C(c3ccc(C4C(S(=O)(=O)c5ccccc5)C(c5ccc(OC)cc5)=NN4c4ccccc4)cc3)C2S(=O)(=O)c2ccccc2)cc1. The lowest BCUT2D eigenvalue weighted by atomic mass is 9.93. The van der Waals surface area contributed by atoms with E-state index in [1.54, 1.807) is 109 Å². The van der Waals surface area contributed by atoms with Crippen LogP contribution in [0.15, 0.2) is 214 Å². The fourth-order valence-corrected chi connectivity index (χ4v) is 12.1. The summed E-state index contributed by atoms with van der Waals surface area (Å²) in [6, 6.07) is 56.2. The molecule has 10 nitrogen and oxygen atoms in total. The second kappa shape index (κ2) is 16.8. The minimum Gasteiger partial charge on any atom is -0.497 e. The Bertz CT molecular complexity index is 2750. The summed E-state index contributed by atoms with van der Waals surface area (Å²) in [5.41, 5.74) is 4.77. The number of para-hydroxylation sites is 2. The molecule has 0 aliphatic carbocycles. The van der Waals surface area contributed by atoms with Crippen LogP contribution in [0.3, 0.4) is 0 Å². The first-order valence-electron chi connectivity index (χ1n) is 20.0. The molecule has 310 valence electrons. The van der Waals surface area contributed by atoms with E-state index in [0.717, 1.165) is 0 Å². The van der Waals surface area contributed by atoms with Gasteiger partial charge in [-0.05, 0) is 119 Å². The number of rotatable bonds is 12. The van der Waals surface area contributed by atoms with E-state index >= 15 is 16.8 Å². The fourth-order valence-electron chi connectivity index (χ4n) is 8.26. The Hall–Kier alpha value is -7.02. The zero-order valence-electron chi connectivity index (χ0n) is 33.8. The van der Waals surface area contributed by atoms with Crippen molar-refractivity contribution < 1.29 is 26.3 Å². The van der Waals surface area contributed by atoms with Crippen LogP contribution in [0, 0.1) is 0 Å². The van der Waals surface area contributed by atoms with Gasteiger partial charge >= 0.3 is 0 Å². The predicted molar refractivity (Wildman–Crippen MR) is 244 cm³/mol. The summed E-state index contributed by atoms with van der Waals surface area (Å²) in [5, 5.41) is 11.5. The molecule has 0 aromatic heterocycles. The third-order valence-corrected chi connectivity index (χ3v) is 15.5. The van der Waals surface area contributed by atoms with Gasteiger partial charge in [-0.3, -0.25) is 10.0 Å². The van der Waals surface area contributed by atoms with Crippen molar-refractivity contribution in [2.24, 2.45) is 10.2 Å². The first kappa shape index (κ1) is 40.4. The molecular formula is C50H42N4O6S2. The monoisotopic (exact) mass is 858 g/mol. The van der Waals surface area contributed by atoms with Crippen LogP contribution in [-0.4, -0.2) is 53.0 Å². The first-order valence-corrected chi connectivity index (χ1v) is 23.1. The van der Waals surface area contributed by atoms with Crippen molar-refractivity contribution in [1.82, 2.24) is 0 Å². The Labute approximate surface area is 361 Å². The predicted octanol–water partition coefficient (Wildman–Crippen LogP) is 9.32. The molecule has 0 amide bonds. The number of ether oxygens (including phenoxy) is 2. The first-order chi connectivity index (χ1) is 30.2. The molecule has 2 aliphatic rings. The molecule has 0 spiro atoms. The Morgan fingerprint density at radius 3 is 1.02 bits per heavy atom. The highest BCUT2D eigenvalue weighted by Crippen LogP contribution is 2.45. The van der Waals surface area contributed by atoms with Gasteiger partial charge in [-0.25, -0.2) is 16.8 Å². The van der Waals surface area contributed by atoms with Gasteiger partial charge in [0.15, 0.2) is 19.7 Å². The highest BCUT2D eigenvalue weighted by Gasteiger charge is 2.50. The van der Waals surface area contributed by atoms with Gasteiger partial charge in [-0.1, -0.05) is 97.1 Å². The molecule has 0 radical (unpaired) electrons. The van der Waals surface area contributed by atoms with E-state index in [4.69, 9.17) is 19.7 Å². The zero-order valence-corrected chi connectivity index (χ0v) is 35.5. The van der Waals surface area contributed by atoms with Crippen LogP contribution in [-0.2, 0) is 19.7 Å². The molecule has 7 aromatic carbocycles. The highest BCUT2D eigenvalue weighted by atomic mass is 32.2. The largest absolute Gasteiger partial charge is 0.497 e. The summed E-state index contributed by atoms with van der Waals surface area (Å²) in [6.45, 7) is 0. The molecule has 0 saturated heterocycles. The van der Waals surface area contributed by atoms with Crippen molar-refractivity contribution in [3.8, 4) is 11.5 Å². The topological polar surface area (TPSA) is 118 Å². The van der Waals surface area contributed by atoms with Crippen molar-refractivity contribution in [2.45, 2.75) is 32.4 Å². The second-order valence-corrected chi connectivity index (χ2v) is 19.0. The Morgan fingerprint density at radius 1 is 0.403 bits per heavy atom. The average Bonchev–Trinajstić information content (AvgIpc) is 3.95. The molecule has 0 saturated carbocycles. The Balaban J connectivity index is 1.21. The standard InChI is InChI=1S/C50H42N4O6S2/c1-59-41-31-27-35(28-32-41)45-49(61(55,56)43-19-11-5-12-20-43)47(53(51-45)39-15-7-3-8-16-39)37-23-25-38(26-24-37)48-50(62(57,58)44-21-13-6-14-22-44)46(36-29-33-42(60-2)34-30-36)52-54(48)40-17-9-4-10-18-40/h3-34,47-50H,1-2H3. The molecule has 2 heterocycles. The summed E-state index contributed by atoms with van der Waals surface area (Å²) < 4.78 is 71.1. The van der Waals surface area contributed by atoms with E-state index in [0.29, 0.717) is 56.6 Å². The van der Waals surface area contributed by atoms with Crippen LogP contribution in [0.4, 0.5) is 11.4 Å². The van der Waals surface area contributed by atoms with Crippen LogP contribution in [0.2, 0.25) is 0 Å². The molecule has 0 bridgehead atoms. The number of sulfone groups is 2. The number of hydrogen-bond donors (Lipinski definition) is 0. The number of methoxy groups -OCH3 is 2. The maximum absolute atomic E-state index is 15.0.